The van der Waals surface area contributed by atoms with E-state index in [-0.39, 0.29) is 11.4 Å². The molecule has 2 unspecified atom stereocenters. The first kappa shape index (κ1) is 16.1. The molecule has 0 bridgehead atoms. The number of urea groups is 1. The van der Waals surface area contributed by atoms with Crippen LogP contribution in [-0.2, 0) is 9.53 Å². The minimum absolute atomic E-state index is 0.0996. The van der Waals surface area contributed by atoms with Gasteiger partial charge in [-0.15, -0.1) is 11.8 Å². The number of nitrogens with zero attached hydrogens (tertiary/aromatic N) is 1. The van der Waals surface area contributed by atoms with Crippen LogP contribution in [0.25, 0.3) is 0 Å². The van der Waals surface area contributed by atoms with Crippen molar-refractivity contribution in [3.63, 3.8) is 0 Å². The van der Waals surface area contributed by atoms with E-state index in [1.54, 1.807) is 0 Å². The van der Waals surface area contributed by atoms with Gasteiger partial charge >= 0.3 is 12.0 Å². The SMILES string of the molecule is CCCOCCCNC(=O)N1C(C)SCC1C(=O)O. The predicted molar refractivity (Wildman–Crippen MR) is 74.3 cm³/mol. The number of nitrogens with one attached hydrogen (secondary N) is 1. The van der Waals surface area contributed by atoms with Crippen LogP contribution < -0.4 is 5.32 Å². The van der Waals surface area contributed by atoms with Gasteiger partial charge < -0.3 is 15.2 Å². The first-order chi connectivity index (χ1) is 9.07. The Balaban J connectivity index is 2.29. The molecule has 0 saturated carbocycles. The van der Waals surface area contributed by atoms with E-state index in [2.05, 4.69) is 5.32 Å². The normalized spacial score (nSPS) is 22.5. The van der Waals surface area contributed by atoms with Crippen molar-refractivity contribution in [1.29, 1.82) is 0 Å². The van der Waals surface area contributed by atoms with E-state index in [0.717, 1.165) is 19.4 Å². The predicted octanol–water partition coefficient (Wildman–Crippen LogP) is 1.36. The molecule has 0 aliphatic carbocycles. The first-order valence-corrected chi connectivity index (χ1v) is 7.61. The number of rotatable bonds is 7. The van der Waals surface area contributed by atoms with Crippen LogP contribution in [0.4, 0.5) is 4.79 Å². The number of thioether (sulfide) groups is 1. The molecule has 2 amide bonds. The minimum atomic E-state index is -0.946. The van der Waals surface area contributed by atoms with Crippen LogP contribution in [0, 0.1) is 0 Å². The highest BCUT2D eigenvalue weighted by Gasteiger charge is 2.39. The summed E-state index contributed by atoms with van der Waals surface area (Å²) in [5.74, 6) is -0.498. The fourth-order valence-corrected chi connectivity index (χ4v) is 3.02. The molecule has 0 radical (unpaired) electrons. The number of hydrogen-bond donors (Lipinski definition) is 2. The van der Waals surface area contributed by atoms with Crippen molar-refractivity contribution in [3.8, 4) is 0 Å². The van der Waals surface area contributed by atoms with Gasteiger partial charge in [0.2, 0.25) is 0 Å². The van der Waals surface area contributed by atoms with Gasteiger partial charge in [0.25, 0.3) is 0 Å². The zero-order valence-electron chi connectivity index (χ0n) is 11.4. The molecule has 0 aromatic heterocycles. The fourth-order valence-electron chi connectivity index (χ4n) is 1.85. The Bertz CT molecular complexity index is 314. The third-order valence-corrected chi connectivity index (χ3v) is 4.05. The number of amides is 2. The summed E-state index contributed by atoms with van der Waals surface area (Å²) in [5.41, 5.74) is 0. The van der Waals surface area contributed by atoms with Gasteiger partial charge in [0, 0.05) is 25.5 Å². The van der Waals surface area contributed by atoms with E-state index < -0.39 is 12.0 Å². The maximum absolute atomic E-state index is 12.0. The Morgan fingerprint density at radius 3 is 2.84 bits per heavy atom. The van der Waals surface area contributed by atoms with Crippen molar-refractivity contribution in [2.75, 3.05) is 25.5 Å². The number of hydrogen-bond acceptors (Lipinski definition) is 4. The van der Waals surface area contributed by atoms with E-state index in [9.17, 15) is 9.59 Å². The number of carbonyl (C=O) groups excluding carboxylic acids is 1. The molecular formula is C12H22N2O4S. The van der Waals surface area contributed by atoms with Crippen LogP contribution in [0.5, 0.6) is 0 Å². The van der Waals surface area contributed by atoms with Gasteiger partial charge in [0.15, 0.2) is 0 Å². The second-order valence-corrected chi connectivity index (χ2v) is 5.74. The van der Waals surface area contributed by atoms with Gasteiger partial charge in [0.1, 0.15) is 6.04 Å². The highest BCUT2D eigenvalue weighted by atomic mass is 32.2. The molecule has 6 nitrogen and oxygen atoms in total. The number of carboxylic acid groups (broad SMARTS) is 1. The number of carboxylic acids is 1. The molecular weight excluding hydrogens is 268 g/mol. The highest BCUT2D eigenvalue weighted by molar-refractivity contribution is 8.00. The molecule has 1 fully saturated rings. The van der Waals surface area contributed by atoms with Crippen LogP contribution in [0.15, 0.2) is 0 Å². The standard InChI is InChI=1S/C12H22N2O4S/c1-3-6-18-7-4-5-13-12(17)14-9(2)19-8-10(14)11(15)16/h9-10H,3-8H2,1-2H3,(H,13,17)(H,15,16). The highest BCUT2D eigenvalue weighted by Crippen LogP contribution is 2.28. The van der Waals surface area contributed by atoms with Crippen molar-refractivity contribution in [2.24, 2.45) is 0 Å². The summed E-state index contributed by atoms with van der Waals surface area (Å²) in [4.78, 5) is 24.4. The quantitative estimate of drug-likeness (QED) is 0.692. The van der Waals surface area contributed by atoms with Crippen LogP contribution in [0.3, 0.4) is 0 Å². The molecule has 1 heterocycles. The molecule has 19 heavy (non-hydrogen) atoms. The number of ether oxygens (including phenoxy) is 1. The Kier molecular flexibility index (Phi) is 7.01. The van der Waals surface area contributed by atoms with Crippen LogP contribution >= 0.6 is 11.8 Å². The molecule has 2 N–H and O–H groups in total. The van der Waals surface area contributed by atoms with E-state index in [4.69, 9.17) is 9.84 Å². The van der Waals surface area contributed by atoms with Crippen molar-refractivity contribution >= 4 is 23.8 Å². The number of carbonyl (C=O) groups is 2. The summed E-state index contributed by atoms with van der Waals surface area (Å²) in [5, 5.41) is 11.7. The van der Waals surface area contributed by atoms with E-state index in [1.165, 1.54) is 16.7 Å². The maximum Gasteiger partial charge on any atom is 0.327 e. The number of aliphatic carboxylic acids is 1. The summed E-state index contributed by atoms with van der Waals surface area (Å²) in [6.07, 6.45) is 1.72. The van der Waals surface area contributed by atoms with Gasteiger partial charge in [-0.25, -0.2) is 9.59 Å². The third kappa shape index (κ3) is 4.91. The van der Waals surface area contributed by atoms with Gasteiger partial charge in [-0.3, -0.25) is 4.90 Å². The lowest BCUT2D eigenvalue weighted by atomic mass is 10.3. The van der Waals surface area contributed by atoms with Crippen molar-refractivity contribution in [1.82, 2.24) is 10.2 Å². The zero-order chi connectivity index (χ0) is 14.3. The summed E-state index contributed by atoms with van der Waals surface area (Å²) >= 11 is 1.48. The molecule has 1 rings (SSSR count). The second-order valence-electron chi connectivity index (χ2n) is 4.39. The Morgan fingerprint density at radius 1 is 1.47 bits per heavy atom. The van der Waals surface area contributed by atoms with Crippen LogP contribution in [0.1, 0.15) is 26.7 Å². The Morgan fingerprint density at radius 2 is 2.21 bits per heavy atom. The van der Waals surface area contributed by atoms with Gasteiger partial charge in [-0.2, -0.15) is 0 Å². The summed E-state index contributed by atoms with van der Waals surface area (Å²) in [6, 6.07) is -1.03. The maximum atomic E-state index is 12.0. The van der Waals surface area contributed by atoms with Gasteiger partial charge in [0.05, 0.1) is 5.37 Å². The molecule has 7 heteroatoms. The molecule has 110 valence electrons. The van der Waals surface area contributed by atoms with Gasteiger partial charge in [-0.05, 0) is 19.8 Å². The first-order valence-electron chi connectivity index (χ1n) is 6.56. The second kappa shape index (κ2) is 8.27. The minimum Gasteiger partial charge on any atom is -0.480 e. The molecule has 1 aliphatic heterocycles. The Labute approximate surface area is 117 Å². The van der Waals surface area contributed by atoms with Crippen molar-refractivity contribution in [3.05, 3.63) is 0 Å². The summed E-state index contributed by atoms with van der Waals surface area (Å²) in [6.45, 7) is 5.73. The molecule has 1 aliphatic rings. The monoisotopic (exact) mass is 290 g/mol. The van der Waals surface area contributed by atoms with Gasteiger partial charge in [-0.1, -0.05) is 6.92 Å². The molecule has 0 spiro atoms. The zero-order valence-corrected chi connectivity index (χ0v) is 12.2. The van der Waals surface area contributed by atoms with E-state index in [1.807, 2.05) is 13.8 Å². The van der Waals surface area contributed by atoms with Crippen LogP contribution in [0.2, 0.25) is 0 Å². The average Bonchev–Trinajstić information content (AvgIpc) is 2.75. The summed E-state index contributed by atoms with van der Waals surface area (Å²) in [7, 11) is 0. The topological polar surface area (TPSA) is 78.9 Å². The fraction of sp³-hybridized carbons (Fsp3) is 0.833. The lowest BCUT2D eigenvalue weighted by Crippen LogP contribution is -2.49. The molecule has 2 atom stereocenters. The molecule has 0 aromatic rings. The van der Waals surface area contributed by atoms with E-state index in [0.29, 0.717) is 18.9 Å². The third-order valence-electron chi connectivity index (χ3n) is 2.83. The van der Waals surface area contributed by atoms with Crippen LogP contribution in [-0.4, -0.2) is 58.9 Å². The average molecular weight is 290 g/mol. The summed E-state index contributed by atoms with van der Waals surface area (Å²) < 4.78 is 5.31. The largest absolute Gasteiger partial charge is 0.480 e. The Hall–Kier alpha value is -0.950. The molecule has 1 saturated heterocycles. The smallest absolute Gasteiger partial charge is 0.327 e. The van der Waals surface area contributed by atoms with Crippen molar-refractivity contribution in [2.45, 2.75) is 38.1 Å². The lowest BCUT2D eigenvalue weighted by Gasteiger charge is -2.25. The molecule has 0 aromatic carbocycles. The van der Waals surface area contributed by atoms with E-state index >= 15 is 0 Å². The van der Waals surface area contributed by atoms with Crippen molar-refractivity contribution < 1.29 is 19.4 Å². The lowest BCUT2D eigenvalue weighted by molar-refractivity contribution is -0.141.